The molecule has 2 amide bonds. The molecule has 0 aliphatic heterocycles. The molecule has 0 spiro atoms. The van der Waals surface area contributed by atoms with Crippen molar-refractivity contribution in [2.24, 2.45) is 0 Å². The van der Waals surface area contributed by atoms with Gasteiger partial charge in [0.15, 0.2) is 0 Å². The summed E-state index contributed by atoms with van der Waals surface area (Å²) in [5.74, 6) is -0.317. The van der Waals surface area contributed by atoms with Crippen LogP contribution in [0.25, 0.3) is 22.2 Å². The normalized spacial score (nSPS) is 12.0. The summed E-state index contributed by atoms with van der Waals surface area (Å²) in [6.07, 6.45) is 2.03. The Hall–Kier alpha value is -5.28. The van der Waals surface area contributed by atoms with Crippen molar-refractivity contribution in [3.05, 3.63) is 125 Å². The van der Waals surface area contributed by atoms with Crippen molar-refractivity contribution < 1.29 is 24.3 Å². The standard InChI is InChI=1S/C40H44N4O5/c1-6-12-35-42-37-26(2)21-30(38(46)41-31(24-36(45)43-48)22-27-13-8-7-9-14-27)23-34(37)44(35)25-28-17-19-29(20-18-28)32-15-10-11-16-33(32)39(47)49-40(3,4)5/h7-11,13-21,23,31,48H,6,12,22,24-25H2,1-5H3,(H,41,46)(H,43,45)/t31-/m1/s1. The van der Waals surface area contributed by atoms with Gasteiger partial charge in [0.05, 0.1) is 16.6 Å². The highest BCUT2D eigenvalue weighted by Gasteiger charge is 2.22. The number of aromatic nitrogens is 2. The number of imidazole rings is 1. The van der Waals surface area contributed by atoms with Gasteiger partial charge in [-0.25, -0.2) is 15.3 Å². The lowest BCUT2D eigenvalue weighted by Gasteiger charge is -2.20. The van der Waals surface area contributed by atoms with Gasteiger partial charge < -0.3 is 14.6 Å². The topological polar surface area (TPSA) is 123 Å². The maximum absolute atomic E-state index is 13.7. The van der Waals surface area contributed by atoms with E-state index in [0.717, 1.165) is 57.5 Å². The lowest BCUT2D eigenvalue weighted by molar-refractivity contribution is -0.129. The minimum absolute atomic E-state index is 0.0742. The number of ether oxygens (including phenoxy) is 1. The van der Waals surface area contributed by atoms with Crippen molar-refractivity contribution in [2.75, 3.05) is 0 Å². The predicted molar refractivity (Wildman–Crippen MR) is 191 cm³/mol. The Morgan fingerprint density at radius 2 is 1.61 bits per heavy atom. The highest BCUT2D eigenvalue weighted by Crippen LogP contribution is 2.28. The van der Waals surface area contributed by atoms with Crippen LogP contribution < -0.4 is 10.8 Å². The second-order valence-electron chi connectivity index (χ2n) is 13.4. The molecule has 1 atom stereocenters. The summed E-state index contributed by atoms with van der Waals surface area (Å²) < 4.78 is 7.82. The van der Waals surface area contributed by atoms with Gasteiger partial charge in [-0.3, -0.25) is 14.8 Å². The van der Waals surface area contributed by atoms with Gasteiger partial charge in [-0.05, 0) is 86.6 Å². The minimum atomic E-state index is -0.600. The molecule has 0 bridgehead atoms. The summed E-state index contributed by atoms with van der Waals surface area (Å²) in [7, 11) is 0. The molecule has 9 heteroatoms. The number of esters is 1. The molecule has 0 saturated carbocycles. The first-order chi connectivity index (χ1) is 23.5. The Morgan fingerprint density at radius 3 is 2.29 bits per heavy atom. The molecule has 3 N–H and O–H groups in total. The van der Waals surface area contributed by atoms with Gasteiger partial charge in [-0.1, -0.05) is 79.7 Å². The SMILES string of the molecule is CCCc1nc2c(C)cc(C(=O)N[C@@H](CC(=O)NO)Cc3ccccc3)cc2n1Cc1ccc(-c2ccccc2C(=O)OC(C)(C)C)cc1. The number of carbonyl (C=O) groups excluding carboxylic acids is 3. The van der Waals surface area contributed by atoms with Crippen LogP contribution in [0.4, 0.5) is 0 Å². The highest BCUT2D eigenvalue weighted by molar-refractivity contribution is 5.99. The maximum atomic E-state index is 13.7. The van der Waals surface area contributed by atoms with E-state index in [9.17, 15) is 14.4 Å². The predicted octanol–water partition coefficient (Wildman–Crippen LogP) is 7.20. The van der Waals surface area contributed by atoms with E-state index in [-0.39, 0.29) is 18.3 Å². The van der Waals surface area contributed by atoms with E-state index >= 15 is 0 Å². The fourth-order valence-corrected chi connectivity index (χ4v) is 5.99. The second kappa shape index (κ2) is 15.3. The van der Waals surface area contributed by atoms with Crippen LogP contribution in [-0.2, 0) is 28.9 Å². The first-order valence-corrected chi connectivity index (χ1v) is 16.6. The van der Waals surface area contributed by atoms with E-state index in [1.807, 2.05) is 113 Å². The summed E-state index contributed by atoms with van der Waals surface area (Å²) in [5, 5.41) is 12.2. The van der Waals surface area contributed by atoms with Crippen LogP contribution >= 0.6 is 0 Å². The van der Waals surface area contributed by atoms with E-state index in [1.54, 1.807) is 11.5 Å². The number of nitrogens with one attached hydrogen (secondary N) is 2. The van der Waals surface area contributed by atoms with Crippen molar-refractivity contribution in [1.29, 1.82) is 0 Å². The first kappa shape index (κ1) is 35.0. The average molecular weight is 661 g/mol. The van der Waals surface area contributed by atoms with E-state index in [0.29, 0.717) is 24.1 Å². The molecule has 0 aliphatic rings. The minimum Gasteiger partial charge on any atom is -0.456 e. The van der Waals surface area contributed by atoms with Crippen LogP contribution in [0.1, 0.15) is 83.8 Å². The molecule has 9 nitrogen and oxygen atoms in total. The summed E-state index contributed by atoms with van der Waals surface area (Å²) in [4.78, 5) is 43.7. The number of fused-ring (bicyclic) bond motifs is 1. The Morgan fingerprint density at radius 1 is 0.918 bits per heavy atom. The number of hydrogen-bond donors (Lipinski definition) is 3. The molecule has 0 fully saturated rings. The number of amides is 2. The van der Waals surface area contributed by atoms with E-state index in [1.165, 1.54) is 0 Å². The first-order valence-electron chi connectivity index (χ1n) is 16.6. The van der Waals surface area contributed by atoms with Crippen molar-refractivity contribution in [2.45, 2.75) is 78.5 Å². The van der Waals surface area contributed by atoms with Crippen LogP contribution in [0.15, 0.2) is 91.0 Å². The number of nitrogens with zero attached hydrogens (tertiary/aromatic N) is 2. The van der Waals surface area contributed by atoms with E-state index in [4.69, 9.17) is 14.9 Å². The molecular formula is C40H44N4O5. The summed E-state index contributed by atoms with van der Waals surface area (Å²) in [5.41, 5.74) is 8.33. The van der Waals surface area contributed by atoms with Gasteiger partial charge in [0, 0.05) is 31.0 Å². The average Bonchev–Trinajstić information content (AvgIpc) is 3.41. The molecule has 4 aromatic carbocycles. The van der Waals surface area contributed by atoms with Crippen molar-refractivity contribution in [3.8, 4) is 11.1 Å². The van der Waals surface area contributed by atoms with Crippen LogP contribution in [-0.4, -0.2) is 44.2 Å². The van der Waals surface area contributed by atoms with Crippen LogP contribution in [0, 0.1) is 6.92 Å². The van der Waals surface area contributed by atoms with E-state index in [2.05, 4.69) is 16.8 Å². The lowest BCUT2D eigenvalue weighted by Crippen LogP contribution is -2.40. The summed E-state index contributed by atoms with van der Waals surface area (Å²) >= 11 is 0. The van der Waals surface area contributed by atoms with Gasteiger partial charge in [0.2, 0.25) is 5.91 Å². The number of aryl methyl sites for hydroxylation is 2. The third-order valence-electron chi connectivity index (χ3n) is 8.23. The van der Waals surface area contributed by atoms with Crippen LogP contribution in [0.5, 0.6) is 0 Å². The second-order valence-corrected chi connectivity index (χ2v) is 13.4. The number of hydroxylamine groups is 1. The molecule has 254 valence electrons. The third kappa shape index (κ3) is 8.80. The zero-order valence-electron chi connectivity index (χ0n) is 28.7. The zero-order chi connectivity index (χ0) is 35.1. The van der Waals surface area contributed by atoms with Gasteiger partial charge in [-0.15, -0.1) is 0 Å². The largest absolute Gasteiger partial charge is 0.456 e. The molecule has 0 unspecified atom stereocenters. The van der Waals surface area contributed by atoms with Crippen LogP contribution in [0.3, 0.4) is 0 Å². The molecule has 5 rings (SSSR count). The van der Waals surface area contributed by atoms with Crippen LogP contribution in [0.2, 0.25) is 0 Å². The molecule has 0 radical (unpaired) electrons. The van der Waals surface area contributed by atoms with Gasteiger partial charge in [0.1, 0.15) is 11.4 Å². The van der Waals surface area contributed by atoms with Gasteiger partial charge >= 0.3 is 5.97 Å². The Balaban J connectivity index is 1.43. The summed E-state index contributed by atoms with van der Waals surface area (Å²) in [6, 6.07) is 28.3. The Labute approximate surface area is 287 Å². The van der Waals surface area contributed by atoms with Gasteiger partial charge in [0.25, 0.3) is 5.91 Å². The lowest BCUT2D eigenvalue weighted by atomic mass is 9.98. The van der Waals surface area contributed by atoms with Gasteiger partial charge in [-0.2, -0.15) is 0 Å². The monoisotopic (exact) mass is 660 g/mol. The molecule has 0 saturated heterocycles. The quantitative estimate of drug-likeness (QED) is 0.0739. The molecule has 0 aliphatic carbocycles. The van der Waals surface area contributed by atoms with Crippen molar-refractivity contribution >= 4 is 28.8 Å². The maximum Gasteiger partial charge on any atom is 0.339 e. The molecule has 49 heavy (non-hydrogen) atoms. The van der Waals surface area contributed by atoms with Crippen molar-refractivity contribution in [3.63, 3.8) is 0 Å². The zero-order valence-corrected chi connectivity index (χ0v) is 28.7. The molecule has 5 aromatic rings. The van der Waals surface area contributed by atoms with Crippen molar-refractivity contribution in [1.82, 2.24) is 20.3 Å². The fourth-order valence-electron chi connectivity index (χ4n) is 5.99. The molecular weight excluding hydrogens is 616 g/mol. The Bertz CT molecular complexity index is 1940. The number of rotatable bonds is 12. The number of hydrogen-bond acceptors (Lipinski definition) is 6. The summed E-state index contributed by atoms with van der Waals surface area (Å²) in [6.45, 7) is 10.2. The molecule has 1 heterocycles. The molecule has 1 aromatic heterocycles. The van der Waals surface area contributed by atoms with E-state index < -0.39 is 17.6 Å². The third-order valence-corrected chi connectivity index (χ3v) is 8.23. The number of benzene rings is 4. The number of carbonyl (C=O) groups is 3. The fraction of sp³-hybridized carbons (Fsp3) is 0.300. The Kier molecular flexibility index (Phi) is 10.9. The highest BCUT2D eigenvalue weighted by atomic mass is 16.6. The smallest absolute Gasteiger partial charge is 0.339 e.